The summed E-state index contributed by atoms with van der Waals surface area (Å²) in [5.74, 6) is -1.30. The minimum atomic E-state index is -3.95. The molecule has 0 radical (unpaired) electrons. The summed E-state index contributed by atoms with van der Waals surface area (Å²) >= 11 is 0.893. The van der Waals surface area contributed by atoms with Gasteiger partial charge in [-0.05, 0) is 12.1 Å². The third-order valence-electron chi connectivity index (χ3n) is 2.89. The van der Waals surface area contributed by atoms with Crippen LogP contribution in [0.25, 0.3) is 5.69 Å². The molecule has 0 unspecified atom stereocenters. The molecule has 0 aliphatic heterocycles. The van der Waals surface area contributed by atoms with Crippen LogP contribution in [-0.4, -0.2) is 34.3 Å². The van der Waals surface area contributed by atoms with E-state index in [0.717, 1.165) is 11.3 Å². The van der Waals surface area contributed by atoms with Crippen LogP contribution in [0.4, 0.5) is 5.00 Å². The molecule has 2 aromatic heterocycles. The van der Waals surface area contributed by atoms with Gasteiger partial charge in [-0.1, -0.05) is 18.2 Å². The molecule has 8 nitrogen and oxygen atoms in total. The van der Waals surface area contributed by atoms with Crippen molar-refractivity contribution in [3.63, 3.8) is 0 Å². The van der Waals surface area contributed by atoms with E-state index in [0.29, 0.717) is 5.69 Å². The van der Waals surface area contributed by atoms with Gasteiger partial charge in [-0.15, -0.1) is 11.3 Å². The van der Waals surface area contributed by atoms with Crippen molar-refractivity contribution >= 4 is 32.3 Å². The van der Waals surface area contributed by atoms with Gasteiger partial charge in [-0.25, -0.2) is 22.9 Å². The van der Waals surface area contributed by atoms with Crippen molar-refractivity contribution in [2.75, 3.05) is 4.72 Å². The predicted molar refractivity (Wildman–Crippen MR) is 83.4 cm³/mol. The fourth-order valence-electron chi connectivity index (χ4n) is 1.82. The van der Waals surface area contributed by atoms with Crippen molar-refractivity contribution in [3.8, 4) is 5.69 Å². The normalized spacial score (nSPS) is 11.3. The fraction of sp³-hybridized carbons (Fsp3) is 0. The number of aromatic carboxylic acids is 1. The van der Waals surface area contributed by atoms with Gasteiger partial charge in [0.05, 0.1) is 23.6 Å². The molecule has 0 amide bonds. The summed E-state index contributed by atoms with van der Waals surface area (Å²) < 4.78 is 28.3. The van der Waals surface area contributed by atoms with Gasteiger partial charge in [0.15, 0.2) is 5.69 Å². The first-order valence-electron chi connectivity index (χ1n) is 6.27. The Bertz CT molecular complexity index is 947. The van der Waals surface area contributed by atoms with Crippen molar-refractivity contribution in [3.05, 3.63) is 53.9 Å². The smallest absolute Gasteiger partial charge is 0.357 e. The number of carboxylic acid groups (broad SMARTS) is 1. The molecule has 0 bridgehead atoms. The van der Waals surface area contributed by atoms with Crippen molar-refractivity contribution in [1.82, 2.24) is 14.8 Å². The number of thiazole rings is 1. The molecule has 2 N–H and O–H groups in total. The third kappa shape index (κ3) is 3.07. The number of hydrogen-bond acceptors (Lipinski definition) is 6. The second-order valence-electron chi connectivity index (χ2n) is 4.40. The molecular weight excluding hydrogens is 340 g/mol. The van der Waals surface area contributed by atoms with Gasteiger partial charge >= 0.3 is 5.97 Å². The summed E-state index contributed by atoms with van der Waals surface area (Å²) in [5, 5.41) is 12.9. The molecular formula is C13H10N4O4S2. The van der Waals surface area contributed by atoms with Gasteiger partial charge in [0.1, 0.15) is 9.90 Å². The Kier molecular flexibility index (Phi) is 3.84. The minimum Gasteiger partial charge on any atom is -0.476 e. The van der Waals surface area contributed by atoms with E-state index in [9.17, 15) is 13.2 Å². The maximum absolute atomic E-state index is 12.3. The molecule has 23 heavy (non-hydrogen) atoms. The van der Waals surface area contributed by atoms with Gasteiger partial charge in [0.25, 0.3) is 10.0 Å². The number of para-hydroxylation sites is 1. The van der Waals surface area contributed by atoms with E-state index in [1.54, 1.807) is 24.3 Å². The number of benzene rings is 1. The highest BCUT2D eigenvalue weighted by Crippen LogP contribution is 2.24. The third-order valence-corrected chi connectivity index (χ3v) is 5.06. The number of carbonyl (C=O) groups is 1. The topological polar surface area (TPSA) is 114 Å². The van der Waals surface area contributed by atoms with E-state index in [2.05, 4.69) is 14.8 Å². The van der Waals surface area contributed by atoms with E-state index in [-0.39, 0.29) is 15.6 Å². The fourth-order valence-corrected chi connectivity index (χ4v) is 3.74. The van der Waals surface area contributed by atoms with Crippen molar-refractivity contribution in [1.29, 1.82) is 0 Å². The van der Waals surface area contributed by atoms with Gasteiger partial charge in [0.2, 0.25) is 0 Å². The molecule has 0 aliphatic rings. The number of sulfonamides is 1. The Morgan fingerprint density at radius 3 is 2.70 bits per heavy atom. The molecule has 0 spiro atoms. The molecule has 10 heteroatoms. The van der Waals surface area contributed by atoms with Crippen LogP contribution in [0.3, 0.4) is 0 Å². The second kappa shape index (κ2) is 5.82. The molecule has 2 heterocycles. The Morgan fingerprint density at radius 1 is 1.26 bits per heavy atom. The van der Waals surface area contributed by atoms with Crippen molar-refractivity contribution in [2.24, 2.45) is 0 Å². The van der Waals surface area contributed by atoms with Crippen LogP contribution >= 0.6 is 11.3 Å². The maximum Gasteiger partial charge on any atom is 0.357 e. The molecule has 0 fully saturated rings. The van der Waals surface area contributed by atoms with Crippen LogP contribution < -0.4 is 4.72 Å². The van der Waals surface area contributed by atoms with Crippen LogP contribution in [0.5, 0.6) is 0 Å². The number of rotatable bonds is 5. The SMILES string of the molecule is O=C(O)c1ncsc1NS(=O)(=O)c1cnn(-c2ccccc2)c1. The quantitative estimate of drug-likeness (QED) is 0.725. The molecule has 0 saturated heterocycles. The minimum absolute atomic E-state index is 0.0510. The Hall–Kier alpha value is -2.72. The highest BCUT2D eigenvalue weighted by atomic mass is 32.2. The Balaban J connectivity index is 1.90. The molecule has 3 rings (SSSR count). The summed E-state index contributed by atoms with van der Waals surface area (Å²) in [6.07, 6.45) is 2.54. The summed E-state index contributed by atoms with van der Waals surface area (Å²) in [4.78, 5) is 14.5. The largest absolute Gasteiger partial charge is 0.476 e. The highest BCUT2D eigenvalue weighted by molar-refractivity contribution is 7.93. The van der Waals surface area contributed by atoms with Gasteiger partial charge in [-0.2, -0.15) is 5.10 Å². The van der Waals surface area contributed by atoms with E-state index < -0.39 is 16.0 Å². The summed E-state index contributed by atoms with van der Waals surface area (Å²) in [6.45, 7) is 0. The first kappa shape index (κ1) is 15.2. The average Bonchev–Trinajstić information content (AvgIpc) is 3.16. The molecule has 0 aliphatic carbocycles. The maximum atomic E-state index is 12.3. The highest BCUT2D eigenvalue weighted by Gasteiger charge is 2.22. The number of aromatic nitrogens is 3. The summed E-state index contributed by atoms with van der Waals surface area (Å²) in [6, 6.07) is 9.01. The summed E-state index contributed by atoms with van der Waals surface area (Å²) in [7, 11) is -3.95. The lowest BCUT2D eigenvalue weighted by molar-refractivity contribution is 0.0692. The molecule has 1 aromatic carbocycles. The zero-order valence-corrected chi connectivity index (χ0v) is 13.1. The first-order chi connectivity index (χ1) is 11.0. The summed E-state index contributed by atoms with van der Waals surface area (Å²) in [5.41, 5.74) is 1.63. The number of hydrogen-bond donors (Lipinski definition) is 2. The lowest BCUT2D eigenvalue weighted by Gasteiger charge is -2.04. The standard InChI is InChI=1S/C13H10N4O4S2/c18-13(19)11-12(22-8-14-11)16-23(20,21)10-6-15-17(7-10)9-4-2-1-3-5-9/h1-8,16H,(H,18,19). The van der Waals surface area contributed by atoms with Crippen LogP contribution in [0, 0.1) is 0 Å². The first-order valence-corrected chi connectivity index (χ1v) is 8.63. The van der Waals surface area contributed by atoms with E-state index in [1.165, 1.54) is 22.6 Å². The second-order valence-corrected chi connectivity index (χ2v) is 6.93. The van der Waals surface area contributed by atoms with Crippen molar-refractivity contribution < 1.29 is 18.3 Å². The molecule has 0 atom stereocenters. The Morgan fingerprint density at radius 2 is 2.00 bits per heavy atom. The number of nitrogens with zero attached hydrogens (tertiary/aromatic N) is 3. The van der Waals surface area contributed by atoms with Crippen LogP contribution in [0.15, 0.2) is 53.1 Å². The van der Waals surface area contributed by atoms with Gasteiger partial charge < -0.3 is 5.11 Å². The van der Waals surface area contributed by atoms with Crippen LogP contribution in [0.1, 0.15) is 10.5 Å². The van der Waals surface area contributed by atoms with E-state index >= 15 is 0 Å². The average molecular weight is 350 g/mol. The van der Waals surface area contributed by atoms with Gasteiger partial charge in [0, 0.05) is 0 Å². The Labute approximate surface area is 135 Å². The van der Waals surface area contributed by atoms with Gasteiger partial charge in [-0.3, -0.25) is 4.72 Å². The zero-order valence-electron chi connectivity index (χ0n) is 11.4. The predicted octanol–water partition coefficient (Wildman–Crippen LogP) is 1.83. The van der Waals surface area contributed by atoms with Crippen molar-refractivity contribution in [2.45, 2.75) is 4.90 Å². The monoisotopic (exact) mass is 350 g/mol. The zero-order chi connectivity index (χ0) is 16.4. The molecule has 118 valence electrons. The van der Waals surface area contributed by atoms with E-state index in [4.69, 9.17) is 5.11 Å². The lowest BCUT2D eigenvalue weighted by atomic mass is 10.3. The molecule has 0 saturated carbocycles. The molecule has 3 aromatic rings. The number of anilines is 1. The number of carboxylic acids is 1. The van der Waals surface area contributed by atoms with Crippen LogP contribution in [0.2, 0.25) is 0 Å². The lowest BCUT2D eigenvalue weighted by Crippen LogP contribution is -2.14. The van der Waals surface area contributed by atoms with Crippen LogP contribution in [-0.2, 0) is 10.0 Å². The number of nitrogens with one attached hydrogen (secondary N) is 1. The van der Waals surface area contributed by atoms with E-state index in [1.807, 2.05) is 6.07 Å².